The molecular formula is C13H26N4O3S. The minimum absolute atomic E-state index is 0.0849. The molecule has 0 aliphatic carbocycles. The number of likely N-dealkylation sites (N-methyl/N-ethyl adjacent to an activating group) is 1. The van der Waals surface area contributed by atoms with Crippen LogP contribution in [0.2, 0.25) is 0 Å². The van der Waals surface area contributed by atoms with Crippen LogP contribution in [-0.4, -0.2) is 100 Å². The van der Waals surface area contributed by atoms with Crippen molar-refractivity contribution < 1.29 is 13.2 Å². The Bertz CT molecular complexity index is 458. The molecule has 0 bridgehead atoms. The highest BCUT2D eigenvalue weighted by atomic mass is 32.2. The molecule has 2 amide bonds. The number of nitrogens with one attached hydrogen (secondary N) is 1. The first kappa shape index (κ1) is 16.5. The van der Waals surface area contributed by atoms with Gasteiger partial charge in [0, 0.05) is 45.3 Å². The monoisotopic (exact) mass is 318 g/mol. The second kappa shape index (κ2) is 6.93. The molecule has 2 aliphatic rings. The summed E-state index contributed by atoms with van der Waals surface area (Å²) in [4.78, 5) is 18.4. The molecule has 2 fully saturated rings. The number of amides is 2. The van der Waals surface area contributed by atoms with Crippen LogP contribution in [0.4, 0.5) is 4.79 Å². The zero-order valence-electron chi connectivity index (χ0n) is 12.9. The van der Waals surface area contributed by atoms with Gasteiger partial charge in [0.25, 0.3) is 0 Å². The van der Waals surface area contributed by atoms with Crippen LogP contribution in [0, 0.1) is 0 Å². The number of carbonyl (C=O) groups is 1. The van der Waals surface area contributed by atoms with Gasteiger partial charge in [0.1, 0.15) is 0 Å². The van der Waals surface area contributed by atoms with Crippen LogP contribution in [0.15, 0.2) is 0 Å². The summed E-state index contributed by atoms with van der Waals surface area (Å²) in [7, 11) is 1.17. The van der Waals surface area contributed by atoms with Crippen LogP contribution >= 0.6 is 0 Å². The number of rotatable bonds is 4. The van der Waals surface area contributed by atoms with Gasteiger partial charge in [-0.1, -0.05) is 0 Å². The van der Waals surface area contributed by atoms with E-state index in [0.29, 0.717) is 19.5 Å². The summed E-state index contributed by atoms with van der Waals surface area (Å²) in [5.74, 6) is 0.276. The number of sulfone groups is 1. The number of urea groups is 1. The summed E-state index contributed by atoms with van der Waals surface area (Å²) in [5, 5.41) is 2.85. The van der Waals surface area contributed by atoms with Crippen molar-refractivity contribution in [1.82, 2.24) is 20.0 Å². The largest absolute Gasteiger partial charge is 0.334 e. The highest BCUT2D eigenvalue weighted by molar-refractivity contribution is 7.91. The zero-order valence-corrected chi connectivity index (χ0v) is 13.7. The molecule has 7 nitrogen and oxygen atoms in total. The molecule has 0 aromatic rings. The Labute approximate surface area is 127 Å². The molecule has 1 unspecified atom stereocenters. The van der Waals surface area contributed by atoms with E-state index in [1.165, 1.54) is 0 Å². The average Bonchev–Trinajstić information content (AvgIpc) is 2.76. The summed E-state index contributed by atoms with van der Waals surface area (Å²) in [6.07, 6.45) is 0.539. The molecule has 8 heteroatoms. The van der Waals surface area contributed by atoms with E-state index in [9.17, 15) is 13.2 Å². The van der Waals surface area contributed by atoms with E-state index in [4.69, 9.17) is 0 Å². The van der Waals surface area contributed by atoms with Gasteiger partial charge in [0.2, 0.25) is 0 Å². The van der Waals surface area contributed by atoms with E-state index in [0.717, 1.165) is 26.2 Å². The van der Waals surface area contributed by atoms with Gasteiger partial charge in [-0.3, -0.25) is 4.90 Å². The van der Waals surface area contributed by atoms with Crippen LogP contribution < -0.4 is 5.32 Å². The van der Waals surface area contributed by atoms with Gasteiger partial charge >= 0.3 is 6.03 Å². The van der Waals surface area contributed by atoms with Gasteiger partial charge in [-0.05, 0) is 20.5 Å². The van der Waals surface area contributed by atoms with Gasteiger partial charge in [0.05, 0.1) is 11.5 Å². The lowest BCUT2D eigenvalue weighted by Gasteiger charge is -2.35. The van der Waals surface area contributed by atoms with Crippen molar-refractivity contribution in [2.45, 2.75) is 12.5 Å². The SMILES string of the molecule is CN(C)CCN1CCN(C(=O)NC2CCS(=O)(=O)C2)CC1. The Balaban J connectivity index is 1.71. The molecule has 2 saturated heterocycles. The Hall–Kier alpha value is -0.860. The van der Waals surface area contributed by atoms with E-state index in [1.807, 2.05) is 0 Å². The maximum absolute atomic E-state index is 12.1. The normalized spacial score (nSPS) is 26.2. The Morgan fingerprint density at radius 3 is 2.43 bits per heavy atom. The Kier molecular flexibility index (Phi) is 5.45. The number of carbonyl (C=O) groups excluding carboxylic acids is 1. The fourth-order valence-corrected chi connectivity index (χ4v) is 4.36. The van der Waals surface area contributed by atoms with Gasteiger partial charge in [-0.2, -0.15) is 0 Å². The molecular weight excluding hydrogens is 292 g/mol. The first-order valence-corrected chi connectivity index (χ1v) is 9.31. The highest BCUT2D eigenvalue weighted by Gasteiger charge is 2.30. The summed E-state index contributed by atoms with van der Waals surface area (Å²) >= 11 is 0. The standard InChI is InChI=1S/C13H26N4O3S/c1-15(2)4-5-16-6-8-17(9-7-16)13(18)14-12-3-10-21(19,20)11-12/h12H,3-11H2,1-2H3,(H,14,18). The Morgan fingerprint density at radius 2 is 1.90 bits per heavy atom. The van der Waals surface area contributed by atoms with Crippen molar-refractivity contribution in [2.75, 3.05) is 64.9 Å². The number of nitrogens with zero attached hydrogens (tertiary/aromatic N) is 3. The van der Waals surface area contributed by atoms with Crippen molar-refractivity contribution >= 4 is 15.9 Å². The molecule has 2 aliphatic heterocycles. The molecule has 2 heterocycles. The van der Waals surface area contributed by atoms with E-state index in [2.05, 4.69) is 29.2 Å². The molecule has 0 saturated carbocycles. The molecule has 0 aromatic heterocycles. The third kappa shape index (κ3) is 5.12. The fraction of sp³-hybridized carbons (Fsp3) is 0.923. The van der Waals surface area contributed by atoms with E-state index in [-0.39, 0.29) is 23.6 Å². The topological polar surface area (TPSA) is 73.0 Å². The van der Waals surface area contributed by atoms with Crippen molar-refractivity contribution in [3.8, 4) is 0 Å². The predicted octanol–water partition coefficient (Wildman–Crippen LogP) is -0.938. The van der Waals surface area contributed by atoms with Crippen molar-refractivity contribution in [3.63, 3.8) is 0 Å². The molecule has 0 aromatic carbocycles. The summed E-state index contributed by atoms with van der Waals surface area (Å²) in [5.41, 5.74) is 0. The molecule has 2 rings (SSSR count). The van der Waals surface area contributed by atoms with Crippen LogP contribution in [-0.2, 0) is 9.84 Å². The fourth-order valence-electron chi connectivity index (χ4n) is 2.69. The molecule has 122 valence electrons. The maximum Gasteiger partial charge on any atom is 0.317 e. The third-order valence-electron chi connectivity index (χ3n) is 4.08. The second-order valence-corrected chi connectivity index (χ2v) is 8.41. The van der Waals surface area contributed by atoms with Gasteiger partial charge in [0.15, 0.2) is 9.84 Å². The lowest BCUT2D eigenvalue weighted by Crippen LogP contribution is -2.54. The van der Waals surface area contributed by atoms with Crippen LogP contribution in [0.1, 0.15) is 6.42 Å². The molecule has 21 heavy (non-hydrogen) atoms. The van der Waals surface area contributed by atoms with E-state index >= 15 is 0 Å². The Morgan fingerprint density at radius 1 is 1.24 bits per heavy atom. The minimum Gasteiger partial charge on any atom is -0.334 e. The molecule has 0 radical (unpaired) electrons. The smallest absolute Gasteiger partial charge is 0.317 e. The minimum atomic E-state index is -2.94. The van der Waals surface area contributed by atoms with Gasteiger partial charge in [-0.15, -0.1) is 0 Å². The van der Waals surface area contributed by atoms with E-state index < -0.39 is 9.84 Å². The van der Waals surface area contributed by atoms with Gasteiger partial charge in [-0.25, -0.2) is 13.2 Å². The average molecular weight is 318 g/mol. The first-order chi connectivity index (χ1) is 9.85. The van der Waals surface area contributed by atoms with Gasteiger partial charge < -0.3 is 15.1 Å². The van der Waals surface area contributed by atoms with Crippen LogP contribution in [0.5, 0.6) is 0 Å². The van der Waals surface area contributed by atoms with Crippen molar-refractivity contribution in [2.24, 2.45) is 0 Å². The van der Waals surface area contributed by atoms with Crippen molar-refractivity contribution in [1.29, 1.82) is 0 Å². The molecule has 1 N–H and O–H groups in total. The lowest BCUT2D eigenvalue weighted by atomic mass is 10.2. The highest BCUT2D eigenvalue weighted by Crippen LogP contribution is 2.12. The quantitative estimate of drug-likeness (QED) is 0.724. The lowest BCUT2D eigenvalue weighted by molar-refractivity contribution is 0.132. The first-order valence-electron chi connectivity index (χ1n) is 7.49. The molecule has 0 spiro atoms. The van der Waals surface area contributed by atoms with Crippen LogP contribution in [0.25, 0.3) is 0 Å². The number of hydrogen-bond acceptors (Lipinski definition) is 5. The summed E-state index contributed by atoms with van der Waals surface area (Å²) in [6, 6.07) is -0.335. The zero-order chi connectivity index (χ0) is 15.5. The summed E-state index contributed by atoms with van der Waals surface area (Å²) in [6.45, 7) is 5.21. The third-order valence-corrected chi connectivity index (χ3v) is 5.85. The summed E-state index contributed by atoms with van der Waals surface area (Å²) < 4.78 is 22.8. The molecule has 1 atom stereocenters. The number of hydrogen-bond donors (Lipinski definition) is 1. The predicted molar refractivity (Wildman–Crippen MR) is 82.2 cm³/mol. The maximum atomic E-state index is 12.1. The number of piperazine rings is 1. The van der Waals surface area contributed by atoms with Crippen LogP contribution in [0.3, 0.4) is 0 Å². The van der Waals surface area contributed by atoms with E-state index in [1.54, 1.807) is 4.90 Å². The second-order valence-electron chi connectivity index (χ2n) is 6.18. The van der Waals surface area contributed by atoms with Crippen molar-refractivity contribution in [3.05, 3.63) is 0 Å².